The lowest BCUT2D eigenvalue weighted by Gasteiger charge is -2.20. The van der Waals surface area contributed by atoms with E-state index >= 15 is 0 Å². The van der Waals surface area contributed by atoms with Crippen LogP contribution in [0.5, 0.6) is 11.5 Å². The monoisotopic (exact) mass is 217 g/mol. The zero-order valence-electron chi connectivity index (χ0n) is 9.54. The second-order valence-electron chi connectivity index (χ2n) is 4.27. The van der Waals surface area contributed by atoms with Gasteiger partial charge in [-0.3, -0.25) is 5.32 Å². The maximum atomic E-state index is 5.41. The highest BCUT2D eigenvalue weighted by atomic mass is 16.7. The maximum Gasteiger partial charge on any atom is 0.231 e. The van der Waals surface area contributed by atoms with Gasteiger partial charge in [-0.15, -0.1) is 6.42 Å². The van der Waals surface area contributed by atoms with Gasteiger partial charge in [0.15, 0.2) is 11.5 Å². The number of rotatable bonds is 3. The van der Waals surface area contributed by atoms with Crippen LogP contribution in [0.3, 0.4) is 0 Å². The maximum absolute atomic E-state index is 5.41. The lowest BCUT2D eigenvalue weighted by atomic mass is 10.1. The molecular weight excluding hydrogens is 202 g/mol. The van der Waals surface area contributed by atoms with Crippen molar-refractivity contribution in [3.05, 3.63) is 23.8 Å². The second-order valence-corrected chi connectivity index (χ2v) is 4.27. The summed E-state index contributed by atoms with van der Waals surface area (Å²) in [5.74, 6) is 4.32. The topological polar surface area (TPSA) is 30.5 Å². The van der Waals surface area contributed by atoms with Gasteiger partial charge in [-0.25, -0.2) is 0 Å². The number of fused-ring (bicyclic) bond motifs is 1. The Hall–Kier alpha value is -1.66. The molecule has 1 N–H and O–H groups in total. The summed E-state index contributed by atoms with van der Waals surface area (Å²) in [5, 5.41) is 3.28. The van der Waals surface area contributed by atoms with Crippen molar-refractivity contribution in [3.63, 3.8) is 0 Å². The standard InChI is InChI=1S/C13H15NO2/c1-4-13(2,3)14-8-10-6-5-7-11-12(10)16-9-15-11/h1,5-7,14H,8-9H2,2-3H3. The van der Waals surface area contributed by atoms with Crippen LogP contribution in [0.25, 0.3) is 0 Å². The van der Waals surface area contributed by atoms with Gasteiger partial charge in [-0.2, -0.15) is 0 Å². The zero-order valence-corrected chi connectivity index (χ0v) is 9.54. The van der Waals surface area contributed by atoms with E-state index in [1.54, 1.807) is 0 Å². The Kier molecular flexibility index (Phi) is 2.76. The summed E-state index contributed by atoms with van der Waals surface area (Å²) in [4.78, 5) is 0. The van der Waals surface area contributed by atoms with Gasteiger partial charge in [0.25, 0.3) is 0 Å². The fourth-order valence-electron chi connectivity index (χ4n) is 1.50. The SMILES string of the molecule is C#CC(C)(C)NCc1cccc2c1OCO2. The number of benzene rings is 1. The van der Waals surface area contributed by atoms with Gasteiger partial charge < -0.3 is 9.47 Å². The minimum absolute atomic E-state index is 0.297. The summed E-state index contributed by atoms with van der Waals surface area (Å²) >= 11 is 0. The lowest BCUT2D eigenvalue weighted by molar-refractivity contribution is 0.173. The molecule has 2 rings (SSSR count). The fraction of sp³-hybridized carbons (Fsp3) is 0.385. The van der Waals surface area contributed by atoms with Gasteiger partial charge in [0.05, 0.1) is 5.54 Å². The largest absolute Gasteiger partial charge is 0.454 e. The van der Waals surface area contributed by atoms with Crippen LogP contribution in [0.2, 0.25) is 0 Å². The van der Waals surface area contributed by atoms with E-state index in [4.69, 9.17) is 15.9 Å². The van der Waals surface area contributed by atoms with Gasteiger partial charge in [0.1, 0.15) is 0 Å². The first kappa shape index (κ1) is 10.8. The Labute approximate surface area is 95.8 Å². The minimum Gasteiger partial charge on any atom is -0.454 e. The van der Waals surface area contributed by atoms with Crippen molar-refractivity contribution in [2.24, 2.45) is 0 Å². The van der Waals surface area contributed by atoms with Crippen molar-refractivity contribution in [3.8, 4) is 23.8 Å². The van der Waals surface area contributed by atoms with Crippen LogP contribution >= 0.6 is 0 Å². The molecule has 0 saturated carbocycles. The van der Waals surface area contributed by atoms with Crippen molar-refractivity contribution in [2.75, 3.05) is 6.79 Å². The number of para-hydroxylation sites is 1. The third-order valence-electron chi connectivity index (χ3n) is 2.56. The third kappa shape index (κ3) is 2.12. The number of hydrogen-bond donors (Lipinski definition) is 1. The highest BCUT2D eigenvalue weighted by Gasteiger charge is 2.19. The molecule has 1 heterocycles. The van der Waals surface area contributed by atoms with Crippen LogP contribution in [0, 0.1) is 12.3 Å². The molecule has 0 atom stereocenters. The normalized spacial score (nSPS) is 13.6. The van der Waals surface area contributed by atoms with E-state index in [-0.39, 0.29) is 5.54 Å². The molecule has 0 spiro atoms. The Morgan fingerprint density at radius 3 is 3.00 bits per heavy atom. The zero-order chi connectivity index (χ0) is 11.6. The minimum atomic E-state index is -0.317. The highest BCUT2D eigenvalue weighted by Crippen LogP contribution is 2.35. The van der Waals surface area contributed by atoms with E-state index in [2.05, 4.69) is 11.2 Å². The lowest BCUT2D eigenvalue weighted by Crippen LogP contribution is -2.36. The summed E-state index contributed by atoms with van der Waals surface area (Å²) in [6, 6.07) is 5.86. The van der Waals surface area contributed by atoms with Gasteiger partial charge in [-0.05, 0) is 19.9 Å². The number of ether oxygens (including phenoxy) is 2. The van der Waals surface area contributed by atoms with Crippen LogP contribution in [-0.2, 0) is 6.54 Å². The van der Waals surface area contributed by atoms with Gasteiger partial charge in [0, 0.05) is 12.1 Å². The summed E-state index contributed by atoms with van der Waals surface area (Å²) in [6.45, 7) is 4.90. The van der Waals surface area contributed by atoms with Crippen LogP contribution in [0.15, 0.2) is 18.2 Å². The van der Waals surface area contributed by atoms with Gasteiger partial charge >= 0.3 is 0 Å². The average molecular weight is 217 g/mol. The molecule has 0 radical (unpaired) electrons. The molecular formula is C13H15NO2. The van der Waals surface area contributed by atoms with Crippen molar-refractivity contribution in [2.45, 2.75) is 25.9 Å². The molecule has 16 heavy (non-hydrogen) atoms. The van der Waals surface area contributed by atoms with Crippen LogP contribution in [-0.4, -0.2) is 12.3 Å². The Bertz CT molecular complexity index is 432. The Morgan fingerprint density at radius 1 is 1.44 bits per heavy atom. The molecule has 84 valence electrons. The van der Waals surface area contributed by atoms with Gasteiger partial charge in [-0.1, -0.05) is 18.1 Å². The molecule has 0 aromatic heterocycles. The van der Waals surface area contributed by atoms with Crippen LogP contribution < -0.4 is 14.8 Å². The van der Waals surface area contributed by atoms with Crippen LogP contribution in [0.1, 0.15) is 19.4 Å². The predicted molar refractivity (Wildman–Crippen MR) is 62.3 cm³/mol. The van der Waals surface area contributed by atoms with Crippen LogP contribution in [0.4, 0.5) is 0 Å². The van der Waals surface area contributed by atoms with E-state index < -0.39 is 0 Å². The molecule has 1 aromatic carbocycles. The number of hydrogen-bond acceptors (Lipinski definition) is 3. The summed E-state index contributed by atoms with van der Waals surface area (Å²) in [7, 11) is 0. The molecule has 0 fully saturated rings. The first-order chi connectivity index (χ1) is 7.62. The van der Waals surface area contributed by atoms with E-state index in [1.807, 2.05) is 32.0 Å². The molecule has 3 heteroatoms. The average Bonchev–Trinajstić information content (AvgIpc) is 2.75. The highest BCUT2D eigenvalue weighted by molar-refractivity contribution is 5.48. The molecule has 1 aromatic rings. The summed E-state index contributed by atoms with van der Waals surface area (Å²) in [5.41, 5.74) is 0.751. The fourth-order valence-corrected chi connectivity index (χ4v) is 1.50. The first-order valence-electron chi connectivity index (χ1n) is 5.23. The van der Waals surface area contributed by atoms with E-state index in [1.165, 1.54) is 0 Å². The molecule has 1 aliphatic heterocycles. The third-order valence-corrected chi connectivity index (χ3v) is 2.56. The summed E-state index contributed by atoms with van der Waals surface area (Å²) in [6.07, 6.45) is 5.41. The van der Waals surface area contributed by atoms with Crippen molar-refractivity contribution in [1.29, 1.82) is 0 Å². The van der Waals surface area contributed by atoms with Crippen molar-refractivity contribution in [1.82, 2.24) is 5.32 Å². The molecule has 3 nitrogen and oxygen atoms in total. The predicted octanol–water partition coefficient (Wildman–Crippen LogP) is 1.92. The number of terminal acetylenes is 1. The smallest absolute Gasteiger partial charge is 0.231 e. The molecule has 0 aliphatic carbocycles. The van der Waals surface area contributed by atoms with Crippen molar-refractivity contribution < 1.29 is 9.47 Å². The second kappa shape index (κ2) is 4.07. The van der Waals surface area contributed by atoms with E-state index in [0.717, 1.165) is 17.1 Å². The Balaban J connectivity index is 2.12. The molecule has 0 amide bonds. The molecule has 1 aliphatic rings. The number of nitrogens with one attached hydrogen (secondary N) is 1. The quantitative estimate of drug-likeness (QED) is 0.785. The first-order valence-corrected chi connectivity index (χ1v) is 5.23. The van der Waals surface area contributed by atoms with Crippen molar-refractivity contribution >= 4 is 0 Å². The Morgan fingerprint density at radius 2 is 2.25 bits per heavy atom. The van der Waals surface area contributed by atoms with E-state index in [9.17, 15) is 0 Å². The van der Waals surface area contributed by atoms with Gasteiger partial charge in [0.2, 0.25) is 6.79 Å². The molecule has 0 unspecified atom stereocenters. The van der Waals surface area contributed by atoms with E-state index in [0.29, 0.717) is 13.3 Å². The molecule has 0 bridgehead atoms. The molecule has 0 saturated heterocycles. The summed E-state index contributed by atoms with van der Waals surface area (Å²) < 4.78 is 10.7.